The van der Waals surface area contributed by atoms with Gasteiger partial charge in [0.2, 0.25) is 0 Å². The van der Waals surface area contributed by atoms with Crippen LogP contribution in [0.25, 0.3) is 0 Å². The zero-order valence-electron chi connectivity index (χ0n) is 20.0. The van der Waals surface area contributed by atoms with Gasteiger partial charge < -0.3 is 4.74 Å². The van der Waals surface area contributed by atoms with Crippen molar-refractivity contribution in [3.05, 3.63) is 66.0 Å². The summed E-state index contributed by atoms with van der Waals surface area (Å²) in [7, 11) is 0. The van der Waals surface area contributed by atoms with Crippen LogP contribution in [-0.2, 0) is 11.2 Å². The molecule has 1 heterocycles. The molecule has 2 rings (SSSR count). The first-order valence-electron chi connectivity index (χ1n) is 12.5. The average molecular weight is 437 g/mol. The number of nitrogens with zero attached hydrogens (tertiary/aromatic N) is 2. The molecule has 1 unspecified atom stereocenters. The number of hydrogen-bond donors (Lipinski definition) is 0. The molecule has 0 fully saturated rings. The van der Waals surface area contributed by atoms with Gasteiger partial charge in [0.25, 0.3) is 0 Å². The van der Waals surface area contributed by atoms with Crippen molar-refractivity contribution < 1.29 is 9.53 Å². The fourth-order valence-corrected chi connectivity index (χ4v) is 3.82. The molecule has 0 aliphatic rings. The number of allylic oxidation sites excluding steroid dienone is 1. The summed E-state index contributed by atoms with van der Waals surface area (Å²) in [5, 5.41) is 0. The van der Waals surface area contributed by atoms with E-state index in [1.54, 1.807) is 12.4 Å². The van der Waals surface area contributed by atoms with Gasteiger partial charge in [-0.3, -0.25) is 0 Å². The number of carbonyl (C=O) groups is 1. The maximum atomic E-state index is 12.3. The number of benzene rings is 1. The highest BCUT2D eigenvalue weighted by Crippen LogP contribution is 2.24. The van der Waals surface area contributed by atoms with Gasteiger partial charge in [0, 0.05) is 24.4 Å². The molecule has 174 valence electrons. The molecule has 0 radical (unpaired) electrons. The SMILES string of the molecule is CCCCCCCCC(C=CC(=O)Oc1ncc(CCCCCC)cn1)c1ccccc1. The summed E-state index contributed by atoms with van der Waals surface area (Å²) in [4.78, 5) is 20.7. The molecule has 2 aromatic rings. The molecular weight excluding hydrogens is 396 g/mol. The lowest BCUT2D eigenvalue weighted by atomic mass is 9.92. The van der Waals surface area contributed by atoms with Crippen LogP contribution in [0.3, 0.4) is 0 Å². The molecule has 0 saturated heterocycles. The maximum absolute atomic E-state index is 12.3. The van der Waals surface area contributed by atoms with Gasteiger partial charge in [0.05, 0.1) is 0 Å². The Bertz CT molecular complexity index is 772. The molecule has 32 heavy (non-hydrogen) atoms. The molecule has 1 aromatic carbocycles. The van der Waals surface area contributed by atoms with Gasteiger partial charge in [0.1, 0.15) is 0 Å². The van der Waals surface area contributed by atoms with Gasteiger partial charge >= 0.3 is 12.0 Å². The van der Waals surface area contributed by atoms with Crippen LogP contribution >= 0.6 is 0 Å². The number of ether oxygens (including phenoxy) is 1. The highest BCUT2D eigenvalue weighted by molar-refractivity contribution is 5.83. The maximum Gasteiger partial charge on any atom is 0.338 e. The monoisotopic (exact) mass is 436 g/mol. The molecule has 0 amide bonds. The Morgan fingerprint density at radius 2 is 1.50 bits per heavy atom. The molecule has 0 aliphatic carbocycles. The highest BCUT2D eigenvalue weighted by atomic mass is 16.5. The Hall–Kier alpha value is -2.49. The first-order chi connectivity index (χ1) is 15.7. The quantitative estimate of drug-likeness (QED) is 0.154. The summed E-state index contributed by atoms with van der Waals surface area (Å²) in [5.41, 5.74) is 2.31. The van der Waals surface area contributed by atoms with Crippen LogP contribution in [0.1, 0.15) is 102 Å². The van der Waals surface area contributed by atoms with Crippen LogP contribution in [0.4, 0.5) is 0 Å². The fourth-order valence-electron chi connectivity index (χ4n) is 3.82. The van der Waals surface area contributed by atoms with Crippen molar-refractivity contribution in [2.24, 2.45) is 0 Å². The molecule has 0 spiro atoms. The Morgan fingerprint density at radius 1 is 0.875 bits per heavy atom. The summed E-state index contributed by atoms with van der Waals surface area (Å²) in [6.45, 7) is 4.45. The van der Waals surface area contributed by atoms with Crippen molar-refractivity contribution in [2.45, 2.75) is 96.8 Å². The normalized spacial score (nSPS) is 12.2. The number of aryl methyl sites for hydroxylation is 1. The average Bonchev–Trinajstić information content (AvgIpc) is 2.82. The van der Waals surface area contributed by atoms with Gasteiger partial charge in [-0.15, -0.1) is 0 Å². The molecule has 0 aliphatic heterocycles. The van der Waals surface area contributed by atoms with Crippen LogP contribution in [0.2, 0.25) is 0 Å². The van der Waals surface area contributed by atoms with E-state index in [9.17, 15) is 4.79 Å². The first kappa shape index (κ1) is 25.8. The molecule has 0 N–H and O–H groups in total. The van der Waals surface area contributed by atoms with Crippen LogP contribution in [-0.4, -0.2) is 15.9 Å². The van der Waals surface area contributed by atoms with E-state index < -0.39 is 5.97 Å². The van der Waals surface area contributed by atoms with Crippen molar-refractivity contribution in [1.82, 2.24) is 9.97 Å². The van der Waals surface area contributed by atoms with Gasteiger partial charge in [-0.25, -0.2) is 14.8 Å². The smallest absolute Gasteiger partial charge is 0.338 e. The van der Waals surface area contributed by atoms with Crippen molar-refractivity contribution in [1.29, 1.82) is 0 Å². The summed E-state index contributed by atoms with van der Waals surface area (Å²) in [5.74, 6) is -0.217. The van der Waals surface area contributed by atoms with Crippen LogP contribution in [0, 0.1) is 0 Å². The van der Waals surface area contributed by atoms with Crippen LogP contribution < -0.4 is 4.74 Å². The Labute approximate surface area is 194 Å². The standard InChI is InChI=1S/C28H40N2O2/c1-3-5-7-9-10-13-19-26(25-17-14-11-15-18-25)20-21-27(31)32-28-29-22-24(23-30-28)16-12-8-6-4-2/h11,14-15,17-18,20-23,26H,3-10,12-13,16,19H2,1-2H3. The third-order valence-corrected chi connectivity index (χ3v) is 5.75. The summed E-state index contributed by atoms with van der Waals surface area (Å²) >= 11 is 0. The lowest BCUT2D eigenvalue weighted by molar-refractivity contribution is -0.129. The van der Waals surface area contributed by atoms with E-state index in [2.05, 4.69) is 35.9 Å². The summed E-state index contributed by atoms with van der Waals surface area (Å²) in [6.07, 6.45) is 21.4. The van der Waals surface area contributed by atoms with Gasteiger partial charge in [0.15, 0.2) is 0 Å². The summed E-state index contributed by atoms with van der Waals surface area (Å²) < 4.78 is 5.32. The molecule has 4 heteroatoms. The minimum absolute atomic E-state index is 0.115. The first-order valence-corrected chi connectivity index (χ1v) is 12.5. The Morgan fingerprint density at radius 3 is 2.19 bits per heavy atom. The molecular formula is C28H40N2O2. The molecule has 0 bridgehead atoms. The van der Waals surface area contributed by atoms with E-state index in [0.717, 1.165) is 31.2 Å². The van der Waals surface area contributed by atoms with Crippen molar-refractivity contribution in [2.75, 3.05) is 0 Å². The van der Waals surface area contributed by atoms with E-state index in [4.69, 9.17) is 4.74 Å². The number of aromatic nitrogens is 2. The second-order valence-corrected chi connectivity index (χ2v) is 8.54. The Kier molecular flexibility index (Phi) is 13.0. The minimum Gasteiger partial charge on any atom is -0.388 e. The third-order valence-electron chi connectivity index (χ3n) is 5.75. The van der Waals surface area contributed by atoms with Crippen LogP contribution in [0.15, 0.2) is 54.9 Å². The fraction of sp³-hybridized carbons (Fsp3) is 0.536. The minimum atomic E-state index is -0.426. The molecule has 1 aromatic heterocycles. The van der Waals surface area contributed by atoms with Crippen LogP contribution in [0.5, 0.6) is 6.01 Å². The van der Waals surface area contributed by atoms with Gasteiger partial charge in [-0.1, -0.05) is 108 Å². The van der Waals surface area contributed by atoms with E-state index in [-0.39, 0.29) is 11.9 Å². The van der Waals surface area contributed by atoms with E-state index in [1.807, 2.05) is 24.3 Å². The Balaban J connectivity index is 1.85. The second kappa shape index (κ2) is 16.2. The van der Waals surface area contributed by atoms with Gasteiger partial charge in [-0.2, -0.15) is 0 Å². The zero-order valence-corrected chi connectivity index (χ0v) is 20.0. The van der Waals surface area contributed by atoms with E-state index >= 15 is 0 Å². The number of unbranched alkanes of at least 4 members (excludes halogenated alkanes) is 8. The molecule has 1 atom stereocenters. The van der Waals surface area contributed by atoms with Crippen molar-refractivity contribution >= 4 is 5.97 Å². The molecule has 0 saturated carbocycles. The largest absolute Gasteiger partial charge is 0.388 e. The van der Waals surface area contributed by atoms with E-state index in [0.29, 0.717) is 0 Å². The number of carbonyl (C=O) groups excluding carboxylic acids is 1. The number of esters is 1. The molecule has 4 nitrogen and oxygen atoms in total. The number of hydrogen-bond acceptors (Lipinski definition) is 4. The predicted molar refractivity (Wildman–Crippen MR) is 132 cm³/mol. The predicted octanol–water partition coefficient (Wildman–Crippen LogP) is 7.60. The second-order valence-electron chi connectivity index (χ2n) is 8.54. The summed E-state index contributed by atoms with van der Waals surface area (Å²) in [6, 6.07) is 10.5. The van der Waals surface area contributed by atoms with Crippen molar-refractivity contribution in [3.8, 4) is 6.01 Å². The lowest BCUT2D eigenvalue weighted by Crippen LogP contribution is -2.08. The lowest BCUT2D eigenvalue weighted by Gasteiger charge is -2.13. The topological polar surface area (TPSA) is 52.1 Å². The zero-order chi connectivity index (χ0) is 22.9. The van der Waals surface area contributed by atoms with E-state index in [1.165, 1.54) is 63.0 Å². The highest BCUT2D eigenvalue weighted by Gasteiger charge is 2.10. The van der Waals surface area contributed by atoms with Gasteiger partial charge in [-0.05, 0) is 30.4 Å². The third kappa shape index (κ3) is 10.7. The number of rotatable bonds is 16. The van der Waals surface area contributed by atoms with Crippen molar-refractivity contribution in [3.63, 3.8) is 0 Å².